The van der Waals surface area contributed by atoms with Gasteiger partial charge in [-0.2, -0.15) is 0 Å². The second-order valence-corrected chi connectivity index (χ2v) is 5.45. The number of aryl methyl sites for hydroxylation is 1. The molecule has 2 heterocycles. The number of hydrogen-bond acceptors (Lipinski definition) is 4. The van der Waals surface area contributed by atoms with Crippen LogP contribution in [0, 0.1) is 6.92 Å². The van der Waals surface area contributed by atoms with Gasteiger partial charge >= 0.3 is 0 Å². The van der Waals surface area contributed by atoms with Crippen LogP contribution >= 0.6 is 11.3 Å². The van der Waals surface area contributed by atoms with E-state index in [4.69, 9.17) is 0 Å². The number of piperazine rings is 1. The Bertz CT molecular complexity index is 337. The SMILES string of the molecule is CCC1CN(C(C)c2nc(C)cs2)CCN1. The van der Waals surface area contributed by atoms with E-state index in [1.807, 2.05) is 0 Å². The van der Waals surface area contributed by atoms with Crippen LogP contribution < -0.4 is 5.32 Å². The van der Waals surface area contributed by atoms with Crippen LogP contribution in [0.15, 0.2) is 5.38 Å². The zero-order valence-electron chi connectivity index (χ0n) is 10.4. The van der Waals surface area contributed by atoms with Crippen molar-refractivity contribution in [1.29, 1.82) is 0 Å². The van der Waals surface area contributed by atoms with Gasteiger partial charge in [-0.05, 0) is 20.3 Å². The van der Waals surface area contributed by atoms with E-state index < -0.39 is 0 Å². The van der Waals surface area contributed by atoms with E-state index in [1.54, 1.807) is 11.3 Å². The van der Waals surface area contributed by atoms with Gasteiger partial charge in [0, 0.05) is 36.8 Å². The number of nitrogens with zero attached hydrogens (tertiary/aromatic N) is 2. The molecule has 1 aliphatic heterocycles. The predicted molar refractivity (Wildman–Crippen MR) is 68.9 cm³/mol. The molecule has 0 saturated carbocycles. The standard InChI is InChI=1S/C12H21N3S/c1-4-11-7-15(6-5-13-11)10(3)12-14-9(2)8-16-12/h8,10-11,13H,4-7H2,1-3H3. The van der Waals surface area contributed by atoms with Crippen LogP contribution in [0.25, 0.3) is 0 Å². The smallest absolute Gasteiger partial charge is 0.110 e. The van der Waals surface area contributed by atoms with Gasteiger partial charge in [-0.25, -0.2) is 4.98 Å². The summed E-state index contributed by atoms with van der Waals surface area (Å²) in [4.78, 5) is 7.14. The molecule has 2 unspecified atom stereocenters. The molecule has 1 N–H and O–H groups in total. The molecule has 1 aliphatic rings. The molecule has 2 atom stereocenters. The first-order valence-electron chi connectivity index (χ1n) is 6.10. The van der Waals surface area contributed by atoms with Crippen molar-refractivity contribution >= 4 is 11.3 Å². The molecule has 1 fully saturated rings. The summed E-state index contributed by atoms with van der Waals surface area (Å²) in [5.74, 6) is 0. The van der Waals surface area contributed by atoms with Gasteiger partial charge in [-0.1, -0.05) is 6.92 Å². The highest BCUT2D eigenvalue weighted by molar-refractivity contribution is 7.09. The van der Waals surface area contributed by atoms with Crippen molar-refractivity contribution in [2.24, 2.45) is 0 Å². The lowest BCUT2D eigenvalue weighted by atomic mass is 10.1. The van der Waals surface area contributed by atoms with Crippen molar-refractivity contribution in [3.63, 3.8) is 0 Å². The lowest BCUT2D eigenvalue weighted by Crippen LogP contribution is -2.50. The molecule has 0 aromatic carbocycles. The molecule has 4 heteroatoms. The monoisotopic (exact) mass is 239 g/mol. The molecule has 0 amide bonds. The summed E-state index contributed by atoms with van der Waals surface area (Å²) in [5.41, 5.74) is 1.15. The Hall–Kier alpha value is -0.450. The normalized spacial score (nSPS) is 24.6. The van der Waals surface area contributed by atoms with Gasteiger partial charge < -0.3 is 5.32 Å². The molecule has 1 aromatic heterocycles. The van der Waals surface area contributed by atoms with Crippen LogP contribution in [0.3, 0.4) is 0 Å². The summed E-state index contributed by atoms with van der Waals surface area (Å²) in [5, 5.41) is 6.95. The third-order valence-corrected chi connectivity index (χ3v) is 4.45. The summed E-state index contributed by atoms with van der Waals surface area (Å²) in [6.45, 7) is 9.98. The molecule has 0 spiro atoms. The van der Waals surface area contributed by atoms with Gasteiger partial charge in [0.25, 0.3) is 0 Å². The minimum atomic E-state index is 0.467. The van der Waals surface area contributed by atoms with Crippen molar-refractivity contribution in [2.75, 3.05) is 19.6 Å². The molecule has 90 valence electrons. The third-order valence-electron chi connectivity index (χ3n) is 3.32. The fourth-order valence-corrected chi connectivity index (χ4v) is 3.08. The average molecular weight is 239 g/mol. The third kappa shape index (κ3) is 2.62. The molecule has 0 radical (unpaired) electrons. The van der Waals surface area contributed by atoms with Crippen molar-refractivity contribution in [3.05, 3.63) is 16.1 Å². The lowest BCUT2D eigenvalue weighted by molar-refractivity contribution is 0.151. The van der Waals surface area contributed by atoms with Crippen molar-refractivity contribution in [2.45, 2.75) is 39.3 Å². The number of hydrogen-bond donors (Lipinski definition) is 1. The first kappa shape index (κ1) is 12.0. The molecule has 1 aromatic rings. The summed E-state index contributed by atoms with van der Waals surface area (Å²) in [7, 11) is 0. The van der Waals surface area contributed by atoms with Gasteiger partial charge in [0.2, 0.25) is 0 Å². The molecular weight excluding hydrogens is 218 g/mol. The van der Waals surface area contributed by atoms with E-state index in [0.29, 0.717) is 12.1 Å². The van der Waals surface area contributed by atoms with Gasteiger partial charge in [-0.15, -0.1) is 11.3 Å². The average Bonchev–Trinajstić information content (AvgIpc) is 2.75. The Kier molecular flexibility index (Phi) is 3.95. The van der Waals surface area contributed by atoms with Crippen molar-refractivity contribution < 1.29 is 0 Å². The van der Waals surface area contributed by atoms with E-state index in [1.165, 1.54) is 11.4 Å². The van der Waals surface area contributed by atoms with Gasteiger partial charge in [-0.3, -0.25) is 4.90 Å². The second-order valence-electron chi connectivity index (χ2n) is 4.56. The summed E-state index contributed by atoms with van der Waals surface area (Å²) >= 11 is 1.79. The summed E-state index contributed by atoms with van der Waals surface area (Å²) in [6, 6.07) is 1.12. The highest BCUT2D eigenvalue weighted by Crippen LogP contribution is 2.24. The fourth-order valence-electron chi connectivity index (χ4n) is 2.20. The first-order chi connectivity index (χ1) is 7.70. The van der Waals surface area contributed by atoms with E-state index in [2.05, 4.69) is 41.4 Å². The number of rotatable bonds is 3. The first-order valence-corrected chi connectivity index (χ1v) is 6.98. The van der Waals surface area contributed by atoms with Crippen molar-refractivity contribution in [3.8, 4) is 0 Å². The lowest BCUT2D eigenvalue weighted by Gasteiger charge is -2.36. The van der Waals surface area contributed by atoms with Crippen LogP contribution in [-0.2, 0) is 0 Å². The van der Waals surface area contributed by atoms with Gasteiger partial charge in [0.05, 0.1) is 6.04 Å². The number of aromatic nitrogens is 1. The molecule has 0 aliphatic carbocycles. The maximum atomic E-state index is 4.59. The summed E-state index contributed by atoms with van der Waals surface area (Å²) in [6.07, 6.45) is 1.21. The maximum Gasteiger partial charge on any atom is 0.110 e. The molecule has 16 heavy (non-hydrogen) atoms. The van der Waals surface area contributed by atoms with E-state index >= 15 is 0 Å². The van der Waals surface area contributed by atoms with E-state index in [0.717, 1.165) is 25.3 Å². The van der Waals surface area contributed by atoms with Crippen molar-refractivity contribution in [1.82, 2.24) is 15.2 Å². The van der Waals surface area contributed by atoms with Crippen LogP contribution in [-0.4, -0.2) is 35.6 Å². The Labute approximate surface area is 102 Å². The topological polar surface area (TPSA) is 28.2 Å². The number of nitrogens with one attached hydrogen (secondary N) is 1. The Morgan fingerprint density at radius 3 is 3.12 bits per heavy atom. The molecule has 0 bridgehead atoms. The Morgan fingerprint density at radius 1 is 1.69 bits per heavy atom. The largest absolute Gasteiger partial charge is 0.311 e. The highest BCUT2D eigenvalue weighted by atomic mass is 32.1. The molecule has 1 saturated heterocycles. The quantitative estimate of drug-likeness (QED) is 0.876. The van der Waals surface area contributed by atoms with Crippen LogP contribution in [0.5, 0.6) is 0 Å². The molecule has 2 rings (SSSR count). The van der Waals surface area contributed by atoms with Crippen LogP contribution in [0.4, 0.5) is 0 Å². The van der Waals surface area contributed by atoms with Crippen LogP contribution in [0.1, 0.15) is 37.0 Å². The minimum Gasteiger partial charge on any atom is -0.311 e. The highest BCUT2D eigenvalue weighted by Gasteiger charge is 2.24. The van der Waals surface area contributed by atoms with Crippen LogP contribution in [0.2, 0.25) is 0 Å². The summed E-state index contributed by atoms with van der Waals surface area (Å²) < 4.78 is 0. The van der Waals surface area contributed by atoms with Gasteiger partial charge in [0.1, 0.15) is 5.01 Å². The van der Waals surface area contributed by atoms with E-state index in [9.17, 15) is 0 Å². The number of thiazole rings is 1. The fraction of sp³-hybridized carbons (Fsp3) is 0.750. The van der Waals surface area contributed by atoms with E-state index in [-0.39, 0.29) is 0 Å². The maximum absolute atomic E-state index is 4.59. The molecular formula is C12H21N3S. The zero-order chi connectivity index (χ0) is 11.5. The predicted octanol–water partition coefficient (Wildman–Crippen LogP) is 2.20. The molecule has 3 nitrogen and oxygen atoms in total. The second kappa shape index (κ2) is 5.25. The zero-order valence-corrected chi connectivity index (χ0v) is 11.2. The van der Waals surface area contributed by atoms with Gasteiger partial charge in [0.15, 0.2) is 0 Å². The Balaban J connectivity index is 2.01. The Morgan fingerprint density at radius 2 is 2.50 bits per heavy atom. The minimum absolute atomic E-state index is 0.467.